The fourth-order valence-corrected chi connectivity index (χ4v) is 3.12. The standard InChI is InChI=1S/C17H9F5N2OS/c18-11-7-6-10(8-12(11)19)23-15(25)13-14(17(20,21)22)24-16(26-13)9-4-2-1-3-5-9/h1-8H,(H,23,25). The molecule has 3 rings (SSSR count). The number of nitrogens with zero attached hydrogens (tertiary/aromatic N) is 1. The molecule has 0 saturated carbocycles. The number of hydrogen-bond donors (Lipinski definition) is 1. The molecule has 9 heteroatoms. The number of hydrogen-bond acceptors (Lipinski definition) is 3. The number of carbonyl (C=O) groups is 1. The van der Waals surface area contributed by atoms with Crippen molar-refractivity contribution >= 4 is 22.9 Å². The van der Waals surface area contributed by atoms with Gasteiger partial charge in [0, 0.05) is 17.3 Å². The Balaban J connectivity index is 1.98. The molecule has 0 bridgehead atoms. The number of alkyl halides is 3. The molecule has 1 N–H and O–H groups in total. The minimum Gasteiger partial charge on any atom is -0.321 e. The van der Waals surface area contributed by atoms with Crippen molar-refractivity contribution in [3.05, 3.63) is 70.7 Å². The maximum Gasteiger partial charge on any atom is 0.435 e. The molecule has 134 valence electrons. The van der Waals surface area contributed by atoms with E-state index in [-0.39, 0.29) is 10.7 Å². The van der Waals surface area contributed by atoms with Gasteiger partial charge in [-0.25, -0.2) is 13.8 Å². The fraction of sp³-hybridized carbons (Fsp3) is 0.0588. The van der Waals surface area contributed by atoms with Crippen molar-refractivity contribution in [1.29, 1.82) is 0 Å². The van der Waals surface area contributed by atoms with Crippen LogP contribution in [-0.4, -0.2) is 10.9 Å². The number of thiazole rings is 1. The van der Waals surface area contributed by atoms with Crippen LogP contribution in [-0.2, 0) is 6.18 Å². The summed E-state index contributed by atoms with van der Waals surface area (Å²) >= 11 is 0.563. The van der Waals surface area contributed by atoms with Gasteiger partial charge in [0.2, 0.25) is 0 Å². The number of carbonyl (C=O) groups excluding carboxylic acids is 1. The highest BCUT2D eigenvalue weighted by molar-refractivity contribution is 7.17. The van der Waals surface area contributed by atoms with Gasteiger partial charge in [0.05, 0.1) is 0 Å². The maximum absolute atomic E-state index is 13.2. The molecule has 26 heavy (non-hydrogen) atoms. The first kappa shape index (κ1) is 18.0. The van der Waals surface area contributed by atoms with E-state index in [1.807, 2.05) is 0 Å². The Labute approximate surface area is 148 Å². The number of amides is 1. The molecular weight excluding hydrogens is 375 g/mol. The smallest absolute Gasteiger partial charge is 0.321 e. The zero-order chi connectivity index (χ0) is 18.9. The van der Waals surface area contributed by atoms with E-state index in [1.54, 1.807) is 30.3 Å². The average Bonchev–Trinajstić information content (AvgIpc) is 3.05. The summed E-state index contributed by atoms with van der Waals surface area (Å²) in [6.45, 7) is 0. The minimum absolute atomic E-state index is 0.0216. The summed E-state index contributed by atoms with van der Waals surface area (Å²) in [5.41, 5.74) is -1.08. The van der Waals surface area contributed by atoms with Crippen molar-refractivity contribution in [3.63, 3.8) is 0 Å². The molecule has 0 aliphatic carbocycles. The summed E-state index contributed by atoms with van der Waals surface area (Å²) in [5.74, 6) is -3.47. The Morgan fingerprint density at radius 1 is 1.00 bits per heavy atom. The van der Waals surface area contributed by atoms with Gasteiger partial charge in [-0.05, 0) is 12.1 Å². The van der Waals surface area contributed by atoms with E-state index < -0.39 is 34.3 Å². The quantitative estimate of drug-likeness (QED) is 0.618. The van der Waals surface area contributed by atoms with Gasteiger partial charge in [-0.2, -0.15) is 13.2 Å². The molecule has 0 radical (unpaired) electrons. The molecule has 2 aromatic carbocycles. The Kier molecular flexibility index (Phi) is 4.73. The van der Waals surface area contributed by atoms with Crippen LogP contribution in [0.15, 0.2) is 48.5 Å². The summed E-state index contributed by atoms with van der Waals surface area (Å²) in [4.78, 5) is 15.1. The summed E-state index contributed by atoms with van der Waals surface area (Å²) in [6.07, 6.45) is -4.84. The van der Waals surface area contributed by atoms with Crippen LogP contribution in [0.3, 0.4) is 0 Å². The third-order valence-corrected chi connectivity index (χ3v) is 4.40. The van der Waals surface area contributed by atoms with Crippen LogP contribution in [0, 0.1) is 11.6 Å². The average molecular weight is 384 g/mol. The largest absolute Gasteiger partial charge is 0.435 e. The second kappa shape index (κ2) is 6.83. The van der Waals surface area contributed by atoms with Crippen molar-refractivity contribution in [2.24, 2.45) is 0 Å². The lowest BCUT2D eigenvalue weighted by Crippen LogP contribution is -2.17. The predicted octanol–water partition coefficient (Wildman–Crippen LogP) is 5.36. The molecule has 0 aliphatic rings. The number of nitrogens with one attached hydrogen (secondary N) is 1. The molecule has 1 heterocycles. The Morgan fingerprint density at radius 3 is 2.31 bits per heavy atom. The Hall–Kier alpha value is -2.81. The first-order valence-corrected chi connectivity index (χ1v) is 7.97. The van der Waals surface area contributed by atoms with Gasteiger partial charge in [-0.15, -0.1) is 11.3 Å². The number of rotatable bonds is 3. The van der Waals surface area contributed by atoms with Crippen molar-refractivity contribution in [2.75, 3.05) is 5.32 Å². The van der Waals surface area contributed by atoms with Crippen LogP contribution in [0.25, 0.3) is 10.6 Å². The molecular formula is C17H9F5N2OS. The fourth-order valence-electron chi connectivity index (χ4n) is 2.13. The molecule has 0 fully saturated rings. The molecule has 1 aromatic heterocycles. The first-order valence-electron chi connectivity index (χ1n) is 7.15. The molecule has 0 spiro atoms. The minimum atomic E-state index is -4.84. The molecule has 0 aliphatic heterocycles. The second-order valence-corrected chi connectivity index (χ2v) is 6.14. The molecule has 1 amide bonds. The van der Waals surface area contributed by atoms with E-state index >= 15 is 0 Å². The maximum atomic E-state index is 13.2. The summed E-state index contributed by atoms with van der Waals surface area (Å²) in [5, 5.41) is 2.15. The first-order chi connectivity index (χ1) is 12.3. The Morgan fingerprint density at radius 2 is 1.69 bits per heavy atom. The molecule has 0 atom stereocenters. The van der Waals surface area contributed by atoms with Gasteiger partial charge in [-0.3, -0.25) is 4.79 Å². The molecule has 3 aromatic rings. The summed E-state index contributed by atoms with van der Waals surface area (Å²) in [6, 6.07) is 10.6. The van der Waals surface area contributed by atoms with Crippen LogP contribution >= 0.6 is 11.3 Å². The topological polar surface area (TPSA) is 42.0 Å². The SMILES string of the molecule is O=C(Nc1ccc(F)c(F)c1)c1sc(-c2ccccc2)nc1C(F)(F)F. The van der Waals surface area contributed by atoms with E-state index in [0.29, 0.717) is 23.0 Å². The van der Waals surface area contributed by atoms with Crippen molar-refractivity contribution in [2.45, 2.75) is 6.18 Å². The molecule has 0 unspecified atom stereocenters. The van der Waals surface area contributed by atoms with Gasteiger partial charge in [-0.1, -0.05) is 30.3 Å². The van der Waals surface area contributed by atoms with E-state index in [4.69, 9.17) is 0 Å². The van der Waals surface area contributed by atoms with Crippen LogP contribution < -0.4 is 5.32 Å². The van der Waals surface area contributed by atoms with Crippen molar-refractivity contribution in [1.82, 2.24) is 4.98 Å². The zero-order valence-corrected chi connectivity index (χ0v) is 13.6. The lowest BCUT2D eigenvalue weighted by molar-refractivity contribution is -0.140. The van der Waals surface area contributed by atoms with Crippen molar-refractivity contribution in [3.8, 4) is 10.6 Å². The van der Waals surface area contributed by atoms with E-state index in [0.717, 1.165) is 12.1 Å². The third kappa shape index (κ3) is 3.72. The zero-order valence-electron chi connectivity index (χ0n) is 12.8. The van der Waals surface area contributed by atoms with Gasteiger partial charge in [0.1, 0.15) is 9.88 Å². The highest BCUT2D eigenvalue weighted by Gasteiger charge is 2.39. The monoisotopic (exact) mass is 384 g/mol. The summed E-state index contributed by atoms with van der Waals surface area (Å²) < 4.78 is 65.9. The number of anilines is 1. The third-order valence-electron chi connectivity index (χ3n) is 3.30. The highest BCUT2D eigenvalue weighted by atomic mass is 32.1. The molecule has 0 saturated heterocycles. The van der Waals surface area contributed by atoms with Gasteiger partial charge in [0.15, 0.2) is 17.3 Å². The van der Waals surface area contributed by atoms with Crippen LogP contribution in [0.2, 0.25) is 0 Å². The number of benzene rings is 2. The van der Waals surface area contributed by atoms with E-state index in [1.165, 1.54) is 0 Å². The van der Waals surface area contributed by atoms with Crippen LogP contribution in [0.1, 0.15) is 15.4 Å². The predicted molar refractivity (Wildman–Crippen MR) is 86.9 cm³/mol. The summed E-state index contributed by atoms with van der Waals surface area (Å²) in [7, 11) is 0. The molecule has 3 nitrogen and oxygen atoms in total. The van der Waals surface area contributed by atoms with E-state index in [9.17, 15) is 26.7 Å². The lowest BCUT2D eigenvalue weighted by Gasteiger charge is -2.07. The van der Waals surface area contributed by atoms with Crippen LogP contribution in [0.4, 0.5) is 27.6 Å². The normalized spacial score (nSPS) is 11.4. The highest BCUT2D eigenvalue weighted by Crippen LogP contribution is 2.38. The van der Waals surface area contributed by atoms with E-state index in [2.05, 4.69) is 10.3 Å². The van der Waals surface area contributed by atoms with Gasteiger partial charge in [0.25, 0.3) is 5.91 Å². The van der Waals surface area contributed by atoms with Gasteiger partial charge < -0.3 is 5.32 Å². The van der Waals surface area contributed by atoms with Crippen LogP contribution in [0.5, 0.6) is 0 Å². The Bertz CT molecular complexity index is 954. The number of halogens is 5. The second-order valence-electron chi connectivity index (χ2n) is 5.14. The number of aromatic nitrogens is 1. The van der Waals surface area contributed by atoms with Gasteiger partial charge >= 0.3 is 6.18 Å². The lowest BCUT2D eigenvalue weighted by atomic mass is 10.2. The van der Waals surface area contributed by atoms with Crippen molar-refractivity contribution < 1.29 is 26.7 Å².